The molecule has 0 amide bonds. The maximum atomic E-state index is 5.26. The van der Waals surface area contributed by atoms with E-state index in [0.29, 0.717) is 0 Å². The van der Waals surface area contributed by atoms with Crippen molar-refractivity contribution in [3.63, 3.8) is 0 Å². The molecule has 0 saturated carbocycles. The molecule has 0 atom stereocenters. The van der Waals surface area contributed by atoms with Gasteiger partial charge in [0.2, 0.25) is 0 Å². The van der Waals surface area contributed by atoms with Crippen LogP contribution in [0.25, 0.3) is 10.9 Å². The summed E-state index contributed by atoms with van der Waals surface area (Å²) < 4.78 is 7.14. The van der Waals surface area contributed by atoms with Crippen LogP contribution in [0, 0.1) is 6.92 Å². The lowest BCUT2D eigenvalue weighted by Crippen LogP contribution is -2.57. The Bertz CT molecular complexity index is 584. The van der Waals surface area contributed by atoms with Crippen molar-refractivity contribution in [2.45, 2.75) is 25.9 Å². The number of benzene rings is 1. The van der Waals surface area contributed by atoms with E-state index < -0.39 is 0 Å². The van der Waals surface area contributed by atoms with E-state index >= 15 is 0 Å². The number of aryl methyl sites for hydroxylation is 2. The molecule has 1 aliphatic rings. The maximum Gasteiger partial charge on any atom is 0.0968 e. The zero-order valence-corrected chi connectivity index (χ0v) is 11.2. The van der Waals surface area contributed by atoms with E-state index in [2.05, 4.69) is 42.6 Å². The van der Waals surface area contributed by atoms with E-state index in [1.165, 1.54) is 16.5 Å². The molecule has 3 rings (SSSR count). The topological polar surface area (TPSA) is 39.1 Å². The molecule has 0 bridgehead atoms. The smallest absolute Gasteiger partial charge is 0.0968 e. The minimum Gasteiger partial charge on any atom is -0.377 e. The van der Waals surface area contributed by atoms with E-state index in [9.17, 15) is 0 Å². The Balaban J connectivity index is 1.90. The Hall–Kier alpha value is -1.39. The summed E-state index contributed by atoms with van der Waals surface area (Å²) >= 11 is 0. The van der Waals surface area contributed by atoms with Crippen molar-refractivity contribution in [1.82, 2.24) is 15.1 Å². The number of hydrogen-bond acceptors (Lipinski definition) is 3. The molecule has 1 aromatic carbocycles. The van der Waals surface area contributed by atoms with Gasteiger partial charge >= 0.3 is 0 Å². The van der Waals surface area contributed by atoms with Crippen molar-refractivity contribution < 1.29 is 4.74 Å². The van der Waals surface area contributed by atoms with E-state index in [0.717, 1.165) is 25.3 Å². The zero-order valence-electron chi connectivity index (χ0n) is 11.2. The van der Waals surface area contributed by atoms with E-state index in [1.54, 1.807) is 0 Å². The Morgan fingerprint density at radius 2 is 2.22 bits per heavy atom. The summed E-state index contributed by atoms with van der Waals surface area (Å²) in [7, 11) is 1.97. The first-order valence-electron chi connectivity index (χ1n) is 6.31. The zero-order chi connectivity index (χ0) is 12.8. The van der Waals surface area contributed by atoms with Crippen LogP contribution in [0.3, 0.4) is 0 Å². The minimum atomic E-state index is 0.130. The Morgan fingerprint density at radius 3 is 2.89 bits per heavy atom. The monoisotopic (exact) mass is 245 g/mol. The van der Waals surface area contributed by atoms with Crippen LogP contribution < -0.4 is 5.32 Å². The molecule has 0 aliphatic carbocycles. The molecule has 4 heteroatoms. The molecule has 0 radical (unpaired) electrons. The second-order valence-corrected chi connectivity index (χ2v) is 5.57. The lowest BCUT2D eigenvalue weighted by molar-refractivity contribution is -0.0649. The molecule has 1 N–H and O–H groups in total. The van der Waals surface area contributed by atoms with Gasteiger partial charge in [-0.05, 0) is 25.5 Å². The van der Waals surface area contributed by atoms with Gasteiger partial charge in [0.1, 0.15) is 0 Å². The highest BCUT2D eigenvalue weighted by atomic mass is 16.5. The Morgan fingerprint density at radius 1 is 1.44 bits per heavy atom. The fourth-order valence-electron chi connectivity index (χ4n) is 2.45. The van der Waals surface area contributed by atoms with Gasteiger partial charge in [0, 0.05) is 25.2 Å². The third kappa shape index (κ3) is 2.02. The predicted octanol–water partition coefficient (Wildman–Crippen LogP) is 1.76. The molecule has 96 valence electrons. The molecule has 2 aromatic rings. The summed E-state index contributed by atoms with van der Waals surface area (Å²) in [5.74, 6) is 0. The van der Waals surface area contributed by atoms with Gasteiger partial charge in [-0.15, -0.1) is 0 Å². The fraction of sp³-hybridized carbons (Fsp3) is 0.500. The van der Waals surface area contributed by atoms with Gasteiger partial charge in [-0.1, -0.05) is 11.6 Å². The average Bonchev–Trinajstić information content (AvgIpc) is 2.63. The van der Waals surface area contributed by atoms with Crippen molar-refractivity contribution in [3.05, 3.63) is 29.5 Å². The van der Waals surface area contributed by atoms with Gasteiger partial charge in [-0.2, -0.15) is 5.10 Å². The van der Waals surface area contributed by atoms with E-state index in [1.807, 2.05) is 11.7 Å². The number of rotatable bonds is 3. The highest BCUT2D eigenvalue weighted by Gasteiger charge is 2.32. The summed E-state index contributed by atoms with van der Waals surface area (Å²) in [5, 5.41) is 9.32. The second kappa shape index (κ2) is 4.07. The van der Waals surface area contributed by atoms with Gasteiger partial charge in [0.15, 0.2) is 0 Å². The third-order valence-electron chi connectivity index (χ3n) is 3.49. The van der Waals surface area contributed by atoms with Crippen LogP contribution in [0.5, 0.6) is 0 Å². The SMILES string of the molecule is Cc1cc(CNC2(C)COC2)c2nn(C)cc2c1. The number of fused-ring (bicyclic) bond motifs is 1. The number of aromatic nitrogens is 2. The van der Waals surface area contributed by atoms with Crippen LogP contribution in [0.4, 0.5) is 0 Å². The van der Waals surface area contributed by atoms with Gasteiger partial charge < -0.3 is 10.1 Å². The summed E-state index contributed by atoms with van der Waals surface area (Å²) in [6.07, 6.45) is 2.07. The lowest BCUT2D eigenvalue weighted by atomic mass is 9.99. The lowest BCUT2D eigenvalue weighted by Gasteiger charge is -2.39. The molecule has 4 nitrogen and oxygen atoms in total. The maximum absolute atomic E-state index is 5.26. The first-order chi connectivity index (χ1) is 8.56. The third-order valence-corrected chi connectivity index (χ3v) is 3.49. The predicted molar refractivity (Wildman–Crippen MR) is 71.5 cm³/mol. The standard InChI is InChI=1S/C14H19N3O/c1-10-4-11(6-15-14(2)8-18-9-14)13-12(5-10)7-17(3)16-13/h4-5,7,15H,6,8-9H2,1-3H3. The van der Waals surface area contributed by atoms with E-state index in [4.69, 9.17) is 4.74 Å². The largest absolute Gasteiger partial charge is 0.377 e. The Labute approximate surface area is 107 Å². The highest BCUT2D eigenvalue weighted by Crippen LogP contribution is 2.21. The second-order valence-electron chi connectivity index (χ2n) is 5.57. The number of ether oxygens (including phenoxy) is 1. The van der Waals surface area contributed by atoms with Crippen molar-refractivity contribution in [2.75, 3.05) is 13.2 Å². The average molecular weight is 245 g/mol. The summed E-state index contributed by atoms with van der Waals surface area (Å²) in [6, 6.07) is 4.39. The van der Waals surface area contributed by atoms with Gasteiger partial charge in [-0.3, -0.25) is 4.68 Å². The van der Waals surface area contributed by atoms with Crippen molar-refractivity contribution >= 4 is 10.9 Å². The summed E-state index contributed by atoms with van der Waals surface area (Å²) in [6.45, 7) is 6.76. The first-order valence-corrected chi connectivity index (χ1v) is 6.31. The summed E-state index contributed by atoms with van der Waals surface area (Å²) in [4.78, 5) is 0. The number of nitrogens with zero attached hydrogens (tertiary/aromatic N) is 2. The van der Waals surface area contributed by atoms with Crippen LogP contribution in [-0.4, -0.2) is 28.5 Å². The van der Waals surface area contributed by atoms with Gasteiger partial charge in [0.05, 0.1) is 24.3 Å². The van der Waals surface area contributed by atoms with Crippen molar-refractivity contribution in [3.8, 4) is 0 Å². The molecule has 0 unspecified atom stereocenters. The normalized spacial score (nSPS) is 17.9. The van der Waals surface area contributed by atoms with E-state index in [-0.39, 0.29) is 5.54 Å². The van der Waals surface area contributed by atoms with Crippen LogP contribution in [0.15, 0.2) is 18.3 Å². The van der Waals surface area contributed by atoms with Crippen LogP contribution in [-0.2, 0) is 18.3 Å². The van der Waals surface area contributed by atoms with Crippen LogP contribution in [0.2, 0.25) is 0 Å². The summed E-state index contributed by atoms with van der Waals surface area (Å²) in [5.41, 5.74) is 3.77. The molecule has 2 heterocycles. The molecule has 1 aliphatic heterocycles. The quantitative estimate of drug-likeness (QED) is 0.895. The van der Waals surface area contributed by atoms with Crippen LogP contribution >= 0.6 is 0 Å². The Kier molecular flexibility index (Phi) is 2.64. The fourth-order valence-corrected chi connectivity index (χ4v) is 2.45. The van der Waals surface area contributed by atoms with Crippen molar-refractivity contribution in [2.24, 2.45) is 7.05 Å². The van der Waals surface area contributed by atoms with Crippen LogP contribution in [0.1, 0.15) is 18.1 Å². The van der Waals surface area contributed by atoms with Crippen molar-refractivity contribution in [1.29, 1.82) is 0 Å². The van der Waals surface area contributed by atoms with Gasteiger partial charge in [0.25, 0.3) is 0 Å². The highest BCUT2D eigenvalue weighted by molar-refractivity contribution is 5.82. The molecule has 1 saturated heterocycles. The molecule has 0 spiro atoms. The molecular weight excluding hydrogens is 226 g/mol. The number of hydrogen-bond donors (Lipinski definition) is 1. The first kappa shape index (κ1) is 11.7. The molecule has 1 aromatic heterocycles. The molecular formula is C14H19N3O. The molecule has 18 heavy (non-hydrogen) atoms. The number of nitrogens with one attached hydrogen (secondary N) is 1. The minimum absolute atomic E-state index is 0.130. The van der Waals surface area contributed by atoms with Gasteiger partial charge in [-0.25, -0.2) is 0 Å². The molecule has 1 fully saturated rings.